The predicted octanol–water partition coefficient (Wildman–Crippen LogP) is 6.53. The summed E-state index contributed by atoms with van der Waals surface area (Å²) in [5.41, 5.74) is 6.89. The maximum atomic E-state index is 12.6. The molecule has 0 unspecified atom stereocenters. The first kappa shape index (κ1) is 28.3. The summed E-state index contributed by atoms with van der Waals surface area (Å²) >= 11 is 0. The number of anilines is 1. The SMILES string of the molecule is CCC(=C(c1ccccc1)c1ccc(C=CC(=O)NS(=O)(=O)c2ccc(NC(C)=O)cc2)cc1)c1ccccc1. The van der Waals surface area contributed by atoms with E-state index in [0.717, 1.165) is 34.2 Å². The topological polar surface area (TPSA) is 92.3 Å². The molecule has 2 amide bonds. The van der Waals surface area contributed by atoms with Gasteiger partial charge in [0.1, 0.15) is 0 Å². The lowest BCUT2D eigenvalue weighted by Crippen LogP contribution is -2.28. The number of carbonyl (C=O) groups is 2. The highest BCUT2D eigenvalue weighted by atomic mass is 32.2. The van der Waals surface area contributed by atoms with Crippen molar-refractivity contribution in [2.75, 3.05) is 5.32 Å². The molecule has 0 fully saturated rings. The Morgan fingerprint density at radius 1 is 0.725 bits per heavy atom. The molecule has 0 saturated heterocycles. The first-order chi connectivity index (χ1) is 19.3. The van der Waals surface area contributed by atoms with Crippen LogP contribution in [-0.4, -0.2) is 20.2 Å². The van der Waals surface area contributed by atoms with E-state index in [2.05, 4.69) is 36.5 Å². The Morgan fingerprint density at radius 2 is 1.27 bits per heavy atom. The smallest absolute Gasteiger partial charge is 0.264 e. The van der Waals surface area contributed by atoms with Gasteiger partial charge in [-0.3, -0.25) is 9.59 Å². The second-order valence-electron chi connectivity index (χ2n) is 9.07. The van der Waals surface area contributed by atoms with Crippen LogP contribution in [0.15, 0.2) is 120 Å². The van der Waals surface area contributed by atoms with E-state index in [9.17, 15) is 18.0 Å². The van der Waals surface area contributed by atoms with Crippen LogP contribution in [0.2, 0.25) is 0 Å². The van der Waals surface area contributed by atoms with Gasteiger partial charge in [-0.1, -0.05) is 91.9 Å². The van der Waals surface area contributed by atoms with Crippen molar-refractivity contribution in [1.82, 2.24) is 4.72 Å². The molecular weight excluding hydrogens is 520 g/mol. The predicted molar refractivity (Wildman–Crippen MR) is 161 cm³/mol. The van der Waals surface area contributed by atoms with Crippen LogP contribution in [0.25, 0.3) is 17.2 Å². The molecule has 0 saturated carbocycles. The number of rotatable bonds is 9. The average molecular weight is 551 g/mol. The molecule has 0 aromatic heterocycles. The highest BCUT2D eigenvalue weighted by Crippen LogP contribution is 2.34. The molecule has 202 valence electrons. The minimum Gasteiger partial charge on any atom is -0.326 e. The molecule has 0 radical (unpaired) electrons. The quantitative estimate of drug-likeness (QED) is 0.183. The van der Waals surface area contributed by atoms with Gasteiger partial charge in [0.05, 0.1) is 4.90 Å². The second kappa shape index (κ2) is 12.9. The minimum absolute atomic E-state index is 0.0851. The van der Waals surface area contributed by atoms with Gasteiger partial charge in [0.15, 0.2) is 0 Å². The van der Waals surface area contributed by atoms with Gasteiger partial charge in [-0.05, 0) is 70.2 Å². The van der Waals surface area contributed by atoms with Crippen molar-refractivity contribution < 1.29 is 18.0 Å². The molecule has 0 aliphatic carbocycles. The fraction of sp³-hybridized carbons (Fsp3) is 0.0909. The van der Waals surface area contributed by atoms with Crippen molar-refractivity contribution in [2.24, 2.45) is 0 Å². The van der Waals surface area contributed by atoms with E-state index in [1.165, 1.54) is 42.8 Å². The Kier molecular flexibility index (Phi) is 9.09. The van der Waals surface area contributed by atoms with Gasteiger partial charge in [-0.2, -0.15) is 0 Å². The summed E-state index contributed by atoms with van der Waals surface area (Å²) in [5.74, 6) is -1.03. The van der Waals surface area contributed by atoms with E-state index < -0.39 is 15.9 Å². The van der Waals surface area contributed by atoms with E-state index >= 15 is 0 Å². The third-order valence-electron chi connectivity index (χ3n) is 6.19. The molecule has 0 spiro atoms. The van der Waals surface area contributed by atoms with E-state index in [4.69, 9.17) is 0 Å². The Bertz CT molecular complexity index is 1640. The van der Waals surface area contributed by atoms with Gasteiger partial charge in [0.2, 0.25) is 5.91 Å². The normalized spacial score (nSPS) is 12.1. The van der Waals surface area contributed by atoms with Gasteiger partial charge >= 0.3 is 0 Å². The molecule has 7 heteroatoms. The summed E-state index contributed by atoms with van der Waals surface area (Å²) < 4.78 is 27.2. The number of amides is 2. The van der Waals surface area contributed by atoms with Crippen molar-refractivity contribution in [2.45, 2.75) is 25.2 Å². The number of nitrogens with one attached hydrogen (secondary N) is 2. The lowest BCUT2D eigenvalue weighted by molar-refractivity contribution is -0.115. The fourth-order valence-corrected chi connectivity index (χ4v) is 5.31. The van der Waals surface area contributed by atoms with Crippen LogP contribution in [0.3, 0.4) is 0 Å². The summed E-state index contributed by atoms with van der Waals surface area (Å²) in [4.78, 5) is 23.5. The molecule has 4 rings (SSSR count). The monoisotopic (exact) mass is 550 g/mol. The zero-order valence-corrected chi connectivity index (χ0v) is 23.1. The molecule has 6 nitrogen and oxygen atoms in total. The van der Waals surface area contributed by atoms with Crippen LogP contribution < -0.4 is 10.0 Å². The minimum atomic E-state index is -4.07. The highest BCUT2D eigenvalue weighted by molar-refractivity contribution is 7.90. The summed E-state index contributed by atoms with van der Waals surface area (Å²) in [5, 5.41) is 2.57. The van der Waals surface area contributed by atoms with E-state index in [-0.39, 0.29) is 10.8 Å². The van der Waals surface area contributed by atoms with Gasteiger partial charge in [-0.15, -0.1) is 0 Å². The van der Waals surface area contributed by atoms with Gasteiger partial charge in [0, 0.05) is 18.7 Å². The highest BCUT2D eigenvalue weighted by Gasteiger charge is 2.16. The molecule has 0 atom stereocenters. The molecule has 4 aromatic carbocycles. The van der Waals surface area contributed by atoms with Crippen molar-refractivity contribution in [3.05, 3.63) is 138 Å². The standard InChI is InChI=1S/C33H30N2O4S/c1-3-31(26-10-6-4-7-11-26)33(27-12-8-5-9-13-27)28-17-14-25(15-18-28)16-23-32(37)35-40(38,39)30-21-19-29(20-22-30)34-24(2)36/h4-23H,3H2,1-2H3,(H,34,36)(H,35,37). The number of benzene rings is 4. The molecule has 0 bridgehead atoms. The van der Waals surface area contributed by atoms with Crippen LogP contribution in [0.1, 0.15) is 42.5 Å². The van der Waals surface area contributed by atoms with Crippen LogP contribution in [0.4, 0.5) is 5.69 Å². The number of hydrogen-bond acceptors (Lipinski definition) is 4. The van der Waals surface area contributed by atoms with Crippen LogP contribution in [0.5, 0.6) is 0 Å². The maximum absolute atomic E-state index is 12.6. The Hall–Kier alpha value is -4.75. The Labute approximate surface area is 235 Å². The Balaban J connectivity index is 1.53. The summed E-state index contributed by atoms with van der Waals surface area (Å²) in [6, 6.07) is 33.9. The summed E-state index contributed by atoms with van der Waals surface area (Å²) in [7, 11) is -4.07. The summed E-state index contributed by atoms with van der Waals surface area (Å²) in [6.45, 7) is 3.50. The number of carbonyl (C=O) groups excluding carboxylic acids is 2. The largest absolute Gasteiger partial charge is 0.326 e. The molecule has 2 N–H and O–H groups in total. The number of sulfonamides is 1. The van der Waals surface area contributed by atoms with E-state index in [1.54, 1.807) is 6.08 Å². The third-order valence-corrected chi connectivity index (χ3v) is 7.55. The van der Waals surface area contributed by atoms with Gasteiger partial charge in [0.25, 0.3) is 15.9 Å². The molecule has 0 aliphatic rings. The number of hydrogen-bond donors (Lipinski definition) is 2. The first-order valence-electron chi connectivity index (χ1n) is 12.8. The van der Waals surface area contributed by atoms with Crippen molar-refractivity contribution in [3.8, 4) is 0 Å². The Morgan fingerprint density at radius 3 is 1.82 bits per heavy atom. The molecule has 0 aliphatic heterocycles. The number of allylic oxidation sites excluding steroid dienone is 1. The fourth-order valence-electron chi connectivity index (χ4n) is 4.36. The van der Waals surface area contributed by atoms with Gasteiger partial charge in [-0.25, -0.2) is 13.1 Å². The van der Waals surface area contributed by atoms with Crippen molar-refractivity contribution in [1.29, 1.82) is 0 Å². The first-order valence-corrected chi connectivity index (χ1v) is 14.3. The third kappa shape index (κ3) is 7.21. The van der Waals surface area contributed by atoms with Crippen LogP contribution in [0, 0.1) is 0 Å². The lowest BCUT2D eigenvalue weighted by Gasteiger charge is -2.16. The van der Waals surface area contributed by atoms with Crippen LogP contribution >= 0.6 is 0 Å². The zero-order valence-electron chi connectivity index (χ0n) is 22.3. The van der Waals surface area contributed by atoms with Crippen molar-refractivity contribution in [3.63, 3.8) is 0 Å². The molecular formula is C33H30N2O4S. The second-order valence-corrected chi connectivity index (χ2v) is 10.8. The van der Waals surface area contributed by atoms with Crippen LogP contribution in [-0.2, 0) is 19.6 Å². The zero-order chi connectivity index (χ0) is 28.5. The molecule has 4 aromatic rings. The lowest BCUT2D eigenvalue weighted by atomic mass is 9.88. The molecule has 40 heavy (non-hydrogen) atoms. The van der Waals surface area contributed by atoms with E-state index in [1.807, 2.05) is 65.4 Å². The van der Waals surface area contributed by atoms with E-state index in [0.29, 0.717) is 5.69 Å². The molecule has 0 heterocycles. The summed E-state index contributed by atoms with van der Waals surface area (Å²) in [6.07, 6.45) is 3.60. The van der Waals surface area contributed by atoms with Crippen molar-refractivity contribution >= 4 is 44.7 Å². The average Bonchev–Trinajstić information content (AvgIpc) is 2.96. The maximum Gasteiger partial charge on any atom is 0.264 e. The van der Waals surface area contributed by atoms with Gasteiger partial charge < -0.3 is 5.32 Å².